The molecule has 0 radical (unpaired) electrons. The summed E-state index contributed by atoms with van der Waals surface area (Å²) in [6.07, 6.45) is 0. The molecule has 0 saturated carbocycles. The molecule has 2 aromatic rings. The average Bonchev–Trinajstić information content (AvgIpc) is 2.41. The maximum atomic E-state index is 13.6. The number of nitrogens with one attached hydrogen (secondary N) is 1. The highest BCUT2D eigenvalue weighted by Crippen LogP contribution is 2.35. The number of aromatic nitrogens is 1. The Hall–Kier alpha value is -2.26. The molecule has 0 unspecified atom stereocenters. The van der Waals surface area contributed by atoms with Crippen LogP contribution in [0.3, 0.4) is 0 Å². The Balaban J connectivity index is 2.43. The summed E-state index contributed by atoms with van der Waals surface area (Å²) in [7, 11) is 0. The lowest BCUT2D eigenvalue weighted by atomic mass is 10.3. The zero-order valence-corrected chi connectivity index (χ0v) is 10.7. The van der Waals surface area contributed by atoms with E-state index >= 15 is 0 Å². The van der Waals surface area contributed by atoms with Crippen molar-refractivity contribution >= 4 is 23.3 Å². The summed E-state index contributed by atoms with van der Waals surface area (Å²) in [4.78, 5) is 14.2. The summed E-state index contributed by atoms with van der Waals surface area (Å²) in [5.74, 6) is 3.82. The maximum absolute atomic E-state index is 13.6. The lowest BCUT2D eigenvalue weighted by Crippen LogP contribution is -2.09. The highest BCUT2D eigenvalue weighted by molar-refractivity contribution is 7.99. The van der Waals surface area contributed by atoms with E-state index in [0.717, 1.165) is 17.8 Å². The number of hydrogen-bond donors (Lipinski definition) is 2. The molecule has 0 bridgehead atoms. The van der Waals surface area contributed by atoms with Gasteiger partial charge in [0.05, 0.1) is 4.92 Å². The standard InChI is InChI=1S/C11H8F2N4O2S/c12-6-1-3-9(7(13)5-6)20-11-8(17(18)19)2-4-10(15-11)16-14/h1-5H,14H2,(H,15,16). The molecule has 104 valence electrons. The largest absolute Gasteiger partial charge is 0.308 e. The molecule has 0 amide bonds. The van der Waals surface area contributed by atoms with Crippen LogP contribution in [0.4, 0.5) is 20.3 Å². The Labute approximate surface area is 116 Å². The Morgan fingerprint density at radius 1 is 1.30 bits per heavy atom. The van der Waals surface area contributed by atoms with E-state index in [9.17, 15) is 18.9 Å². The third-order valence-electron chi connectivity index (χ3n) is 2.29. The summed E-state index contributed by atoms with van der Waals surface area (Å²) < 4.78 is 26.4. The van der Waals surface area contributed by atoms with Gasteiger partial charge in [-0.3, -0.25) is 10.1 Å². The van der Waals surface area contributed by atoms with Crippen molar-refractivity contribution in [2.75, 3.05) is 5.43 Å². The molecule has 0 aliphatic carbocycles. The van der Waals surface area contributed by atoms with E-state index in [2.05, 4.69) is 10.4 Å². The molecule has 0 atom stereocenters. The first-order chi connectivity index (χ1) is 9.51. The molecule has 0 saturated heterocycles. The van der Waals surface area contributed by atoms with Crippen LogP contribution in [-0.4, -0.2) is 9.91 Å². The third-order valence-corrected chi connectivity index (χ3v) is 3.33. The highest BCUT2D eigenvalue weighted by atomic mass is 32.2. The second-order valence-corrected chi connectivity index (χ2v) is 4.63. The second kappa shape index (κ2) is 5.80. The van der Waals surface area contributed by atoms with Gasteiger partial charge in [0.15, 0.2) is 5.03 Å². The molecule has 3 N–H and O–H groups in total. The van der Waals surface area contributed by atoms with E-state index in [1.54, 1.807) is 0 Å². The van der Waals surface area contributed by atoms with Crippen LogP contribution < -0.4 is 11.3 Å². The van der Waals surface area contributed by atoms with Crippen molar-refractivity contribution < 1.29 is 13.7 Å². The number of halogens is 2. The van der Waals surface area contributed by atoms with Crippen LogP contribution in [0.25, 0.3) is 0 Å². The molecule has 20 heavy (non-hydrogen) atoms. The molecule has 1 aromatic heterocycles. The van der Waals surface area contributed by atoms with E-state index in [4.69, 9.17) is 5.84 Å². The van der Waals surface area contributed by atoms with E-state index in [1.165, 1.54) is 18.2 Å². The van der Waals surface area contributed by atoms with Crippen LogP contribution in [0.2, 0.25) is 0 Å². The molecule has 0 spiro atoms. The third kappa shape index (κ3) is 3.00. The van der Waals surface area contributed by atoms with Gasteiger partial charge in [-0.1, -0.05) is 11.8 Å². The average molecular weight is 298 g/mol. The predicted octanol–water partition coefficient (Wildman–Crippen LogP) is 2.70. The molecule has 2 rings (SSSR count). The zero-order chi connectivity index (χ0) is 14.7. The first-order valence-corrected chi connectivity index (χ1v) is 6.08. The van der Waals surface area contributed by atoms with Crippen molar-refractivity contribution in [2.24, 2.45) is 5.84 Å². The molecule has 0 aliphatic rings. The fraction of sp³-hybridized carbons (Fsp3) is 0. The monoisotopic (exact) mass is 298 g/mol. The Morgan fingerprint density at radius 2 is 2.05 bits per heavy atom. The van der Waals surface area contributed by atoms with Gasteiger partial charge in [-0.05, 0) is 18.2 Å². The van der Waals surface area contributed by atoms with Gasteiger partial charge in [-0.25, -0.2) is 19.6 Å². The summed E-state index contributed by atoms with van der Waals surface area (Å²) in [5.41, 5.74) is 1.95. The van der Waals surface area contributed by atoms with Crippen LogP contribution >= 0.6 is 11.8 Å². The van der Waals surface area contributed by atoms with Gasteiger partial charge in [0, 0.05) is 17.0 Å². The van der Waals surface area contributed by atoms with Crippen LogP contribution in [0.15, 0.2) is 40.3 Å². The molecule has 1 heterocycles. The number of benzene rings is 1. The Kier molecular flexibility index (Phi) is 4.11. The number of nitrogen functional groups attached to an aromatic ring is 1. The zero-order valence-electron chi connectivity index (χ0n) is 9.84. The molecule has 0 aliphatic heterocycles. The van der Waals surface area contributed by atoms with Crippen molar-refractivity contribution in [3.8, 4) is 0 Å². The minimum atomic E-state index is -0.822. The molecule has 1 aromatic carbocycles. The molecule has 6 nitrogen and oxygen atoms in total. The SMILES string of the molecule is NNc1ccc([N+](=O)[O-])c(Sc2ccc(F)cc2F)n1. The van der Waals surface area contributed by atoms with Gasteiger partial charge >= 0.3 is 5.69 Å². The van der Waals surface area contributed by atoms with Crippen LogP contribution in [0, 0.1) is 21.7 Å². The predicted molar refractivity (Wildman–Crippen MR) is 69.2 cm³/mol. The van der Waals surface area contributed by atoms with Gasteiger partial charge in [0.1, 0.15) is 17.5 Å². The van der Waals surface area contributed by atoms with Crippen molar-refractivity contribution in [3.63, 3.8) is 0 Å². The normalized spacial score (nSPS) is 10.3. The number of hydrogen-bond acceptors (Lipinski definition) is 6. The van der Waals surface area contributed by atoms with Crippen LogP contribution in [0.5, 0.6) is 0 Å². The number of nitrogens with two attached hydrogens (primary N) is 1. The van der Waals surface area contributed by atoms with E-state index in [0.29, 0.717) is 6.07 Å². The Bertz CT molecular complexity index is 669. The topological polar surface area (TPSA) is 94.1 Å². The number of rotatable bonds is 4. The van der Waals surface area contributed by atoms with E-state index < -0.39 is 16.6 Å². The minimum absolute atomic E-state index is 0.0242. The van der Waals surface area contributed by atoms with Crippen LogP contribution in [0.1, 0.15) is 0 Å². The fourth-order valence-corrected chi connectivity index (χ4v) is 2.28. The van der Waals surface area contributed by atoms with E-state index in [1.807, 2.05) is 0 Å². The molecule has 0 fully saturated rings. The summed E-state index contributed by atoms with van der Waals surface area (Å²) in [6, 6.07) is 5.46. The summed E-state index contributed by atoms with van der Waals surface area (Å²) >= 11 is 0.717. The minimum Gasteiger partial charge on any atom is -0.308 e. The quantitative estimate of drug-likeness (QED) is 0.512. The highest BCUT2D eigenvalue weighted by Gasteiger charge is 2.18. The van der Waals surface area contributed by atoms with Crippen molar-refractivity contribution in [3.05, 3.63) is 52.1 Å². The molecular formula is C11H8F2N4O2S. The number of pyridine rings is 1. The van der Waals surface area contributed by atoms with Gasteiger partial charge in [0.2, 0.25) is 0 Å². The van der Waals surface area contributed by atoms with Crippen molar-refractivity contribution in [2.45, 2.75) is 9.92 Å². The Morgan fingerprint density at radius 3 is 2.65 bits per heavy atom. The van der Waals surface area contributed by atoms with Gasteiger partial charge in [-0.15, -0.1) is 0 Å². The number of nitrogens with zero attached hydrogens (tertiary/aromatic N) is 2. The number of anilines is 1. The maximum Gasteiger partial charge on any atom is 0.301 e. The number of hydrazine groups is 1. The van der Waals surface area contributed by atoms with Crippen LogP contribution in [-0.2, 0) is 0 Å². The summed E-state index contributed by atoms with van der Waals surface area (Å²) in [6.45, 7) is 0. The number of nitro groups is 1. The molecule has 9 heteroatoms. The van der Waals surface area contributed by atoms with E-state index in [-0.39, 0.29) is 21.4 Å². The smallest absolute Gasteiger partial charge is 0.301 e. The lowest BCUT2D eigenvalue weighted by Gasteiger charge is -2.05. The molecular weight excluding hydrogens is 290 g/mol. The first-order valence-electron chi connectivity index (χ1n) is 5.26. The van der Waals surface area contributed by atoms with Gasteiger partial charge in [-0.2, -0.15) is 0 Å². The van der Waals surface area contributed by atoms with Crippen molar-refractivity contribution in [1.82, 2.24) is 4.98 Å². The van der Waals surface area contributed by atoms with Crippen molar-refractivity contribution in [1.29, 1.82) is 0 Å². The van der Waals surface area contributed by atoms with Gasteiger partial charge < -0.3 is 5.43 Å². The lowest BCUT2D eigenvalue weighted by molar-refractivity contribution is -0.388. The first kappa shape index (κ1) is 14.2. The summed E-state index contributed by atoms with van der Waals surface area (Å²) in [5, 5.41) is 10.9. The second-order valence-electron chi connectivity index (χ2n) is 3.60. The fourth-order valence-electron chi connectivity index (χ4n) is 1.39. The van der Waals surface area contributed by atoms with Gasteiger partial charge in [0.25, 0.3) is 0 Å².